The summed E-state index contributed by atoms with van der Waals surface area (Å²) in [6, 6.07) is 9.90. The highest BCUT2D eigenvalue weighted by Crippen LogP contribution is 2.23. The van der Waals surface area contributed by atoms with Crippen molar-refractivity contribution in [1.29, 1.82) is 0 Å². The van der Waals surface area contributed by atoms with Crippen molar-refractivity contribution in [2.24, 2.45) is 0 Å². The molecule has 7 nitrogen and oxygen atoms in total. The number of methoxy groups -OCH3 is 1. The van der Waals surface area contributed by atoms with Crippen LogP contribution in [-0.2, 0) is 11.3 Å². The summed E-state index contributed by atoms with van der Waals surface area (Å²) in [5.74, 6) is 0.139. The Morgan fingerprint density at radius 3 is 2.39 bits per heavy atom. The second-order valence-corrected chi connectivity index (χ2v) is 6.80. The van der Waals surface area contributed by atoms with Crippen LogP contribution in [0.5, 0.6) is 5.75 Å². The van der Waals surface area contributed by atoms with Crippen molar-refractivity contribution in [3.8, 4) is 5.75 Å². The van der Waals surface area contributed by atoms with Gasteiger partial charge < -0.3 is 19.1 Å². The molecule has 1 aromatic heterocycles. The highest BCUT2D eigenvalue weighted by Gasteiger charge is 2.36. The van der Waals surface area contributed by atoms with E-state index in [-0.39, 0.29) is 17.0 Å². The van der Waals surface area contributed by atoms with E-state index in [0.717, 1.165) is 11.4 Å². The first kappa shape index (κ1) is 19.7. The maximum Gasteiger partial charge on any atom is 0.263 e. The van der Waals surface area contributed by atoms with E-state index in [2.05, 4.69) is 0 Å². The van der Waals surface area contributed by atoms with Crippen molar-refractivity contribution in [3.63, 3.8) is 0 Å². The molecular formula is C21H25N3O4. The lowest BCUT2D eigenvalue weighted by Gasteiger charge is -2.39. The van der Waals surface area contributed by atoms with Crippen LogP contribution in [0.1, 0.15) is 29.9 Å². The molecule has 0 spiro atoms. The summed E-state index contributed by atoms with van der Waals surface area (Å²) in [5, 5.41) is 0. The van der Waals surface area contributed by atoms with Gasteiger partial charge in [-0.25, -0.2) is 0 Å². The molecule has 0 bridgehead atoms. The summed E-state index contributed by atoms with van der Waals surface area (Å²) in [6.07, 6.45) is 0. The number of piperazine rings is 1. The number of carbonyl (C=O) groups is 2. The quantitative estimate of drug-likeness (QED) is 0.810. The van der Waals surface area contributed by atoms with Crippen molar-refractivity contribution in [2.45, 2.75) is 33.4 Å². The molecule has 0 N–H and O–H groups in total. The zero-order chi connectivity index (χ0) is 20.4. The van der Waals surface area contributed by atoms with E-state index >= 15 is 0 Å². The maximum atomic E-state index is 13.0. The predicted octanol–water partition coefficient (Wildman–Crippen LogP) is 2.06. The molecule has 0 aliphatic carbocycles. The summed E-state index contributed by atoms with van der Waals surface area (Å²) in [5.41, 5.74) is 1.35. The number of carbonyl (C=O) groups excluding carboxylic acids is 2. The predicted molar refractivity (Wildman–Crippen MR) is 107 cm³/mol. The fraction of sp³-hybridized carbons (Fsp3) is 0.381. The fourth-order valence-electron chi connectivity index (χ4n) is 3.55. The van der Waals surface area contributed by atoms with Gasteiger partial charge in [0.25, 0.3) is 11.5 Å². The monoisotopic (exact) mass is 383 g/mol. The van der Waals surface area contributed by atoms with Crippen LogP contribution in [0.3, 0.4) is 0 Å². The summed E-state index contributed by atoms with van der Waals surface area (Å²) in [6.45, 7) is 6.61. The molecule has 2 heterocycles. The Morgan fingerprint density at radius 1 is 1.11 bits per heavy atom. The van der Waals surface area contributed by atoms with Gasteiger partial charge in [0.2, 0.25) is 5.91 Å². The number of rotatable bonds is 4. The molecular weight excluding hydrogens is 358 g/mol. The Bertz CT molecular complexity index is 949. The second-order valence-electron chi connectivity index (χ2n) is 6.80. The third-order valence-electron chi connectivity index (χ3n) is 5.24. The number of ether oxygens (including phenoxy) is 1. The largest absolute Gasteiger partial charge is 0.497 e. The number of hydrogen-bond donors (Lipinski definition) is 0. The van der Waals surface area contributed by atoms with Crippen molar-refractivity contribution >= 4 is 17.5 Å². The molecule has 2 amide bonds. The van der Waals surface area contributed by atoms with Crippen molar-refractivity contribution < 1.29 is 14.3 Å². The van der Waals surface area contributed by atoms with Gasteiger partial charge in [0.15, 0.2) is 0 Å². The number of hydrogen-bond acceptors (Lipinski definition) is 4. The van der Waals surface area contributed by atoms with Crippen LogP contribution in [0.2, 0.25) is 0 Å². The van der Waals surface area contributed by atoms with E-state index in [0.29, 0.717) is 25.4 Å². The molecule has 1 atom stereocenters. The van der Waals surface area contributed by atoms with Crippen LogP contribution in [0, 0.1) is 6.92 Å². The molecule has 1 aromatic carbocycles. The number of benzene rings is 1. The highest BCUT2D eigenvalue weighted by molar-refractivity contribution is 6.03. The lowest BCUT2D eigenvalue weighted by molar-refractivity contribution is -0.124. The normalized spacial score (nSPS) is 17.0. The summed E-state index contributed by atoms with van der Waals surface area (Å²) < 4.78 is 6.72. The van der Waals surface area contributed by atoms with Crippen molar-refractivity contribution in [3.05, 3.63) is 58.0 Å². The van der Waals surface area contributed by atoms with Crippen LogP contribution >= 0.6 is 0 Å². The zero-order valence-corrected chi connectivity index (χ0v) is 16.6. The van der Waals surface area contributed by atoms with Crippen LogP contribution in [0.4, 0.5) is 5.69 Å². The average molecular weight is 383 g/mol. The topological polar surface area (TPSA) is 71.9 Å². The molecule has 0 saturated carbocycles. The van der Waals surface area contributed by atoms with E-state index in [1.807, 2.05) is 26.0 Å². The minimum Gasteiger partial charge on any atom is -0.497 e. The molecule has 2 aromatic rings. The first-order valence-electron chi connectivity index (χ1n) is 9.35. The maximum absolute atomic E-state index is 13.0. The van der Waals surface area contributed by atoms with Crippen molar-refractivity contribution in [1.82, 2.24) is 9.47 Å². The van der Waals surface area contributed by atoms with Gasteiger partial charge >= 0.3 is 0 Å². The minimum atomic E-state index is -0.654. The Hall–Kier alpha value is -3.09. The molecule has 7 heteroatoms. The number of anilines is 1. The van der Waals surface area contributed by atoms with Crippen LogP contribution in [0.25, 0.3) is 0 Å². The molecule has 0 unspecified atom stereocenters. The molecule has 0 radical (unpaired) electrons. The molecule has 148 valence electrons. The van der Waals surface area contributed by atoms with Crippen LogP contribution in [0.15, 0.2) is 41.2 Å². The Kier molecular flexibility index (Phi) is 5.53. The van der Waals surface area contributed by atoms with Gasteiger partial charge in [-0.05, 0) is 57.2 Å². The van der Waals surface area contributed by atoms with Crippen LogP contribution in [-0.4, -0.2) is 47.5 Å². The molecule has 1 fully saturated rings. The van der Waals surface area contributed by atoms with E-state index < -0.39 is 11.9 Å². The van der Waals surface area contributed by atoms with Crippen molar-refractivity contribution in [2.75, 3.05) is 25.1 Å². The van der Waals surface area contributed by atoms with Gasteiger partial charge in [0, 0.05) is 31.0 Å². The van der Waals surface area contributed by atoms with E-state index in [1.165, 1.54) is 4.90 Å². The SMILES string of the molecule is CCn1c(C)ccc(C(=O)N2CCN(c3ccc(OC)cc3)C(=O)[C@H]2C)c1=O. The van der Waals surface area contributed by atoms with Crippen LogP contribution < -0.4 is 15.2 Å². The Balaban J connectivity index is 1.84. The van der Waals surface area contributed by atoms with Gasteiger partial charge in [-0.1, -0.05) is 0 Å². The van der Waals surface area contributed by atoms with Gasteiger partial charge in [-0.3, -0.25) is 14.4 Å². The lowest BCUT2D eigenvalue weighted by Crippen LogP contribution is -2.58. The smallest absolute Gasteiger partial charge is 0.263 e. The highest BCUT2D eigenvalue weighted by atomic mass is 16.5. The summed E-state index contributed by atoms with van der Waals surface area (Å²) in [4.78, 5) is 41.7. The standard InChI is InChI=1S/C21H25N3O4/c1-5-22-14(2)6-11-18(20(22)26)21(27)23-12-13-24(19(25)15(23)3)16-7-9-17(28-4)10-8-16/h6-11,15H,5,12-13H2,1-4H3/t15-/m1/s1. The number of pyridine rings is 1. The van der Waals surface area contributed by atoms with Gasteiger partial charge in [-0.15, -0.1) is 0 Å². The summed E-state index contributed by atoms with van der Waals surface area (Å²) >= 11 is 0. The number of aryl methyl sites for hydroxylation is 1. The van der Waals surface area contributed by atoms with Gasteiger partial charge in [0.05, 0.1) is 7.11 Å². The van der Waals surface area contributed by atoms with E-state index in [1.54, 1.807) is 47.8 Å². The average Bonchev–Trinajstić information content (AvgIpc) is 2.70. The number of nitrogens with zero attached hydrogens (tertiary/aromatic N) is 3. The molecule has 1 aliphatic rings. The third kappa shape index (κ3) is 3.40. The fourth-order valence-corrected chi connectivity index (χ4v) is 3.55. The van der Waals surface area contributed by atoms with Gasteiger partial charge in [-0.2, -0.15) is 0 Å². The summed E-state index contributed by atoms with van der Waals surface area (Å²) in [7, 11) is 1.59. The molecule has 28 heavy (non-hydrogen) atoms. The van der Waals surface area contributed by atoms with E-state index in [9.17, 15) is 14.4 Å². The minimum absolute atomic E-state index is 0.102. The Morgan fingerprint density at radius 2 is 1.79 bits per heavy atom. The second kappa shape index (κ2) is 7.88. The first-order chi connectivity index (χ1) is 13.4. The van der Waals surface area contributed by atoms with Gasteiger partial charge in [0.1, 0.15) is 17.4 Å². The molecule has 1 aliphatic heterocycles. The number of aromatic nitrogens is 1. The first-order valence-corrected chi connectivity index (χ1v) is 9.35. The zero-order valence-electron chi connectivity index (χ0n) is 16.6. The molecule has 1 saturated heterocycles. The lowest BCUT2D eigenvalue weighted by atomic mass is 10.1. The Labute approximate surface area is 164 Å². The molecule has 3 rings (SSSR count). The van der Waals surface area contributed by atoms with E-state index in [4.69, 9.17) is 4.74 Å². The third-order valence-corrected chi connectivity index (χ3v) is 5.24. The number of amides is 2.